The lowest BCUT2D eigenvalue weighted by Gasteiger charge is -2.25. The molecular formula is C21H32N2O2. The molecule has 25 heavy (non-hydrogen) atoms. The Balaban J connectivity index is 1.50. The lowest BCUT2D eigenvalue weighted by molar-refractivity contribution is -0.138. The molecule has 4 nitrogen and oxygen atoms in total. The minimum Gasteiger partial charge on any atom is -0.480 e. The Labute approximate surface area is 151 Å². The van der Waals surface area contributed by atoms with Crippen molar-refractivity contribution in [1.29, 1.82) is 0 Å². The molecule has 1 N–H and O–H groups in total. The summed E-state index contributed by atoms with van der Waals surface area (Å²) >= 11 is 0. The van der Waals surface area contributed by atoms with Crippen molar-refractivity contribution in [3.8, 4) is 0 Å². The summed E-state index contributed by atoms with van der Waals surface area (Å²) in [7, 11) is 1.94. The van der Waals surface area contributed by atoms with Gasteiger partial charge in [0, 0.05) is 12.6 Å². The third-order valence-electron chi connectivity index (χ3n) is 6.01. The average molecular weight is 344 g/mol. The van der Waals surface area contributed by atoms with Crippen LogP contribution in [0.25, 0.3) is 0 Å². The monoisotopic (exact) mass is 344 g/mol. The highest BCUT2D eigenvalue weighted by molar-refractivity contribution is 5.69. The molecule has 1 atom stereocenters. The van der Waals surface area contributed by atoms with Crippen molar-refractivity contribution in [2.75, 3.05) is 26.7 Å². The maximum atomic E-state index is 10.9. The molecule has 1 aromatic rings. The second kappa shape index (κ2) is 8.81. The van der Waals surface area contributed by atoms with Crippen molar-refractivity contribution in [2.24, 2.45) is 0 Å². The average Bonchev–Trinajstić information content (AvgIpc) is 3.02. The molecule has 0 aromatic heterocycles. The van der Waals surface area contributed by atoms with Crippen molar-refractivity contribution in [1.82, 2.24) is 9.80 Å². The molecule has 2 fully saturated rings. The van der Waals surface area contributed by atoms with E-state index < -0.39 is 5.97 Å². The first-order chi connectivity index (χ1) is 12.1. The number of hydrogen-bond acceptors (Lipinski definition) is 3. The molecular weight excluding hydrogens is 312 g/mol. The minimum atomic E-state index is -0.731. The van der Waals surface area contributed by atoms with Crippen LogP contribution in [0, 0.1) is 0 Å². The lowest BCUT2D eigenvalue weighted by atomic mass is 9.96. The molecule has 1 saturated carbocycles. The third kappa shape index (κ3) is 5.29. The maximum absolute atomic E-state index is 10.9. The zero-order chi connectivity index (χ0) is 17.6. The van der Waals surface area contributed by atoms with Crippen LogP contribution in [0.5, 0.6) is 0 Å². The SMILES string of the molecule is CN(CC(=O)O)C1CCCN(Cc2ccc(C3CCCC3)cc2)CC1. The molecule has 4 heteroatoms. The Bertz CT molecular complexity index is 552. The van der Waals surface area contributed by atoms with E-state index >= 15 is 0 Å². The van der Waals surface area contributed by atoms with E-state index in [0.29, 0.717) is 6.04 Å². The van der Waals surface area contributed by atoms with E-state index in [1.54, 1.807) is 0 Å². The van der Waals surface area contributed by atoms with Crippen LogP contribution < -0.4 is 0 Å². The zero-order valence-corrected chi connectivity index (χ0v) is 15.5. The molecule has 2 aliphatic rings. The van der Waals surface area contributed by atoms with Gasteiger partial charge in [-0.15, -0.1) is 0 Å². The molecule has 0 bridgehead atoms. The zero-order valence-electron chi connectivity index (χ0n) is 15.5. The summed E-state index contributed by atoms with van der Waals surface area (Å²) in [5.74, 6) is 0.0590. The first-order valence-corrected chi connectivity index (χ1v) is 9.85. The number of carboxylic acids is 1. The molecule has 0 amide bonds. The number of likely N-dealkylation sites (tertiary alicyclic amines) is 1. The summed E-state index contributed by atoms with van der Waals surface area (Å²) in [4.78, 5) is 15.4. The van der Waals surface area contributed by atoms with Crippen molar-refractivity contribution < 1.29 is 9.90 Å². The Morgan fingerprint density at radius 1 is 1.08 bits per heavy atom. The van der Waals surface area contributed by atoms with Gasteiger partial charge in [-0.1, -0.05) is 37.1 Å². The molecule has 1 saturated heterocycles. The van der Waals surface area contributed by atoms with Gasteiger partial charge in [0.2, 0.25) is 0 Å². The standard InChI is InChI=1S/C21H32N2O2/c1-22(16-21(24)25)20-7-4-13-23(14-12-20)15-17-8-10-19(11-9-17)18-5-2-3-6-18/h8-11,18,20H,2-7,12-16H2,1H3,(H,24,25). The number of carboxylic acid groups (broad SMARTS) is 1. The Hall–Kier alpha value is -1.39. The molecule has 1 aliphatic heterocycles. The van der Waals surface area contributed by atoms with E-state index in [9.17, 15) is 4.79 Å². The fourth-order valence-corrected chi connectivity index (χ4v) is 4.49. The van der Waals surface area contributed by atoms with E-state index in [0.717, 1.165) is 44.8 Å². The van der Waals surface area contributed by atoms with Crippen LogP contribution in [0.4, 0.5) is 0 Å². The van der Waals surface area contributed by atoms with Gasteiger partial charge in [0.05, 0.1) is 6.54 Å². The van der Waals surface area contributed by atoms with E-state index in [1.807, 2.05) is 11.9 Å². The predicted octanol–water partition coefficient (Wildman–Crippen LogP) is 3.72. The Morgan fingerprint density at radius 3 is 2.48 bits per heavy atom. The van der Waals surface area contributed by atoms with Crippen LogP contribution in [0.3, 0.4) is 0 Å². The minimum absolute atomic E-state index is 0.146. The number of benzene rings is 1. The van der Waals surface area contributed by atoms with E-state index in [-0.39, 0.29) is 6.54 Å². The second-order valence-corrected chi connectivity index (χ2v) is 7.89. The van der Waals surface area contributed by atoms with Crippen molar-refractivity contribution in [2.45, 2.75) is 63.5 Å². The molecule has 0 radical (unpaired) electrons. The van der Waals surface area contributed by atoms with Gasteiger partial charge in [0.1, 0.15) is 0 Å². The highest BCUT2D eigenvalue weighted by atomic mass is 16.4. The molecule has 1 unspecified atom stereocenters. The number of nitrogens with zero attached hydrogens (tertiary/aromatic N) is 2. The van der Waals surface area contributed by atoms with Gasteiger partial charge in [0.15, 0.2) is 0 Å². The maximum Gasteiger partial charge on any atom is 0.317 e. The molecule has 1 heterocycles. The quantitative estimate of drug-likeness (QED) is 0.854. The van der Waals surface area contributed by atoms with Gasteiger partial charge in [-0.2, -0.15) is 0 Å². The van der Waals surface area contributed by atoms with Crippen LogP contribution in [-0.4, -0.2) is 53.6 Å². The number of rotatable bonds is 6. The van der Waals surface area contributed by atoms with Gasteiger partial charge in [0.25, 0.3) is 0 Å². The normalized spacial score (nSPS) is 23.0. The predicted molar refractivity (Wildman–Crippen MR) is 101 cm³/mol. The van der Waals surface area contributed by atoms with Crippen molar-refractivity contribution >= 4 is 5.97 Å². The van der Waals surface area contributed by atoms with Crippen LogP contribution in [-0.2, 0) is 11.3 Å². The van der Waals surface area contributed by atoms with E-state index in [1.165, 1.54) is 36.8 Å². The molecule has 3 rings (SSSR count). The van der Waals surface area contributed by atoms with Crippen molar-refractivity contribution in [3.05, 3.63) is 35.4 Å². The van der Waals surface area contributed by atoms with Gasteiger partial charge in [-0.3, -0.25) is 14.6 Å². The van der Waals surface area contributed by atoms with Gasteiger partial charge in [-0.05, 0) is 69.3 Å². The second-order valence-electron chi connectivity index (χ2n) is 7.89. The third-order valence-corrected chi connectivity index (χ3v) is 6.01. The molecule has 0 spiro atoms. The Kier molecular flexibility index (Phi) is 6.49. The van der Waals surface area contributed by atoms with E-state index in [2.05, 4.69) is 29.2 Å². The topological polar surface area (TPSA) is 43.8 Å². The highest BCUT2D eigenvalue weighted by Crippen LogP contribution is 2.34. The number of hydrogen-bond donors (Lipinski definition) is 1. The summed E-state index contributed by atoms with van der Waals surface area (Å²) in [6, 6.07) is 9.70. The fourth-order valence-electron chi connectivity index (χ4n) is 4.49. The number of carbonyl (C=O) groups is 1. The first kappa shape index (κ1) is 18.4. The number of aliphatic carboxylic acids is 1. The van der Waals surface area contributed by atoms with Gasteiger partial charge < -0.3 is 5.11 Å². The summed E-state index contributed by atoms with van der Waals surface area (Å²) < 4.78 is 0. The molecule has 138 valence electrons. The first-order valence-electron chi connectivity index (χ1n) is 9.85. The van der Waals surface area contributed by atoms with Gasteiger partial charge in [-0.25, -0.2) is 0 Å². The van der Waals surface area contributed by atoms with Crippen LogP contribution in [0.2, 0.25) is 0 Å². The van der Waals surface area contributed by atoms with E-state index in [4.69, 9.17) is 5.11 Å². The molecule has 1 aliphatic carbocycles. The largest absolute Gasteiger partial charge is 0.480 e. The summed E-state index contributed by atoms with van der Waals surface area (Å²) in [5.41, 5.74) is 2.92. The van der Waals surface area contributed by atoms with Gasteiger partial charge >= 0.3 is 5.97 Å². The van der Waals surface area contributed by atoms with Crippen LogP contribution in [0.1, 0.15) is 62.0 Å². The van der Waals surface area contributed by atoms with Crippen LogP contribution in [0.15, 0.2) is 24.3 Å². The summed E-state index contributed by atoms with van der Waals surface area (Å²) in [5, 5.41) is 8.98. The summed E-state index contributed by atoms with van der Waals surface area (Å²) in [6.07, 6.45) is 8.79. The Morgan fingerprint density at radius 2 is 1.80 bits per heavy atom. The molecule has 1 aromatic carbocycles. The highest BCUT2D eigenvalue weighted by Gasteiger charge is 2.22. The lowest BCUT2D eigenvalue weighted by Crippen LogP contribution is -2.36. The van der Waals surface area contributed by atoms with Crippen molar-refractivity contribution in [3.63, 3.8) is 0 Å². The smallest absolute Gasteiger partial charge is 0.317 e. The summed E-state index contributed by atoms with van der Waals surface area (Å²) in [6.45, 7) is 3.33. The fraction of sp³-hybridized carbons (Fsp3) is 0.667. The van der Waals surface area contributed by atoms with Crippen LogP contribution >= 0.6 is 0 Å². The number of likely N-dealkylation sites (N-methyl/N-ethyl adjacent to an activating group) is 1.